The van der Waals surface area contributed by atoms with Gasteiger partial charge in [-0.15, -0.1) is 11.3 Å². The number of rotatable bonds is 7. The molecule has 3 N–H and O–H groups in total. The Hall–Kier alpha value is -1.28. The van der Waals surface area contributed by atoms with Crippen molar-refractivity contribution in [2.75, 3.05) is 6.54 Å². The highest BCUT2D eigenvalue weighted by Crippen LogP contribution is 2.08. The Morgan fingerprint density at radius 2 is 1.90 bits per heavy atom. The molecule has 0 radical (unpaired) electrons. The zero-order valence-corrected chi connectivity index (χ0v) is 12.6. The van der Waals surface area contributed by atoms with E-state index in [4.69, 9.17) is 5.73 Å². The lowest BCUT2D eigenvalue weighted by atomic mass is 10.1. The Morgan fingerprint density at radius 3 is 2.50 bits per heavy atom. The van der Waals surface area contributed by atoms with E-state index in [0.717, 1.165) is 16.8 Å². The number of sulfonamides is 1. The molecule has 0 amide bonds. The Bertz CT molecular complexity index is 622. The highest BCUT2D eigenvalue weighted by Gasteiger charge is 2.11. The number of hydrogen-bond acceptors (Lipinski definition) is 5. The quantitative estimate of drug-likeness (QED) is 0.806. The molecule has 1 aromatic heterocycles. The molecular formula is C13H17N3O2S2. The van der Waals surface area contributed by atoms with Gasteiger partial charge in [-0.3, -0.25) is 0 Å². The SMILES string of the molecule is NCc1ccc(CS(=O)(=O)NCCc2cscn2)cc1. The van der Waals surface area contributed by atoms with E-state index in [1.165, 1.54) is 11.3 Å². The Kier molecular flexibility index (Phi) is 5.24. The van der Waals surface area contributed by atoms with Crippen LogP contribution >= 0.6 is 11.3 Å². The van der Waals surface area contributed by atoms with E-state index >= 15 is 0 Å². The van der Waals surface area contributed by atoms with Crippen molar-refractivity contribution in [3.8, 4) is 0 Å². The van der Waals surface area contributed by atoms with Gasteiger partial charge in [0.1, 0.15) is 0 Å². The van der Waals surface area contributed by atoms with Crippen LogP contribution in [-0.2, 0) is 28.7 Å². The van der Waals surface area contributed by atoms with E-state index in [-0.39, 0.29) is 5.75 Å². The predicted molar refractivity (Wildman–Crippen MR) is 80.8 cm³/mol. The maximum atomic E-state index is 11.9. The summed E-state index contributed by atoms with van der Waals surface area (Å²) in [7, 11) is -3.31. The van der Waals surface area contributed by atoms with Crippen LogP contribution in [0.15, 0.2) is 35.2 Å². The zero-order chi connectivity index (χ0) is 14.4. The van der Waals surface area contributed by atoms with Crippen LogP contribution in [0.4, 0.5) is 0 Å². The van der Waals surface area contributed by atoms with Gasteiger partial charge in [0.25, 0.3) is 0 Å². The summed E-state index contributed by atoms with van der Waals surface area (Å²) in [6, 6.07) is 7.28. The first-order valence-corrected chi connectivity index (χ1v) is 8.81. The lowest BCUT2D eigenvalue weighted by molar-refractivity contribution is 0.580. The molecule has 20 heavy (non-hydrogen) atoms. The lowest BCUT2D eigenvalue weighted by Gasteiger charge is -2.06. The van der Waals surface area contributed by atoms with Crippen molar-refractivity contribution in [2.24, 2.45) is 5.73 Å². The summed E-state index contributed by atoms with van der Waals surface area (Å²) < 4.78 is 26.4. The molecule has 0 spiro atoms. The first-order chi connectivity index (χ1) is 9.59. The van der Waals surface area contributed by atoms with Gasteiger partial charge in [-0.2, -0.15) is 0 Å². The predicted octanol–water partition coefficient (Wildman–Crippen LogP) is 1.26. The topological polar surface area (TPSA) is 85.1 Å². The Balaban J connectivity index is 1.86. The van der Waals surface area contributed by atoms with Crippen molar-refractivity contribution in [3.05, 3.63) is 52.0 Å². The normalized spacial score (nSPS) is 11.7. The lowest BCUT2D eigenvalue weighted by Crippen LogP contribution is -2.27. The fourth-order valence-corrected chi connectivity index (χ4v) is 3.48. The molecule has 0 atom stereocenters. The fraction of sp³-hybridized carbons (Fsp3) is 0.308. The molecule has 2 rings (SSSR count). The van der Waals surface area contributed by atoms with Gasteiger partial charge in [-0.1, -0.05) is 24.3 Å². The third kappa shape index (κ3) is 4.68. The van der Waals surface area contributed by atoms with Crippen LogP contribution in [0.25, 0.3) is 0 Å². The molecule has 0 saturated heterocycles. The van der Waals surface area contributed by atoms with Gasteiger partial charge in [-0.25, -0.2) is 18.1 Å². The Morgan fingerprint density at radius 1 is 1.20 bits per heavy atom. The maximum absolute atomic E-state index is 11.9. The minimum absolute atomic E-state index is 0.0189. The number of nitrogens with two attached hydrogens (primary N) is 1. The molecule has 0 saturated carbocycles. The van der Waals surface area contributed by atoms with Gasteiger partial charge in [0.15, 0.2) is 0 Å². The molecule has 7 heteroatoms. The van der Waals surface area contributed by atoms with Gasteiger partial charge in [0, 0.05) is 24.9 Å². The van der Waals surface area contributed by atoms with Crippen molar-refractivity contribution >= 4 is 21.4 Å². The van der Waals surface area contributed by atoms with Crippen LogP contribution in [0.5, 0.6) is 0 Å². The van der Waals surface area contributed by atoms with Gasteiger partial charge in [-0.05, 0) is 11.1 Å². The summed E-state index contributed by atoms with van der Waals surface area (Å²) in [5.74, 6) is -0.0189. The summed E-state index contributed by atoms with van der Waals surface area (Å²) in [4.78, 5) is 4.11. The molecule has 0 fully saturated rings. The van der Waals surface area contributed by atoms with E-state index in [1.807, 2.05) is 17.5 Å². The van der Waals surface area contributed by atoms with E-state index in [0.29, 0.717) is 19.5 Å². The summed E-state index contributed by atoms with van der Waals surface area (Å²) in [5.41, 5.74) is 9.89. The molecule has 1 aromatic carbocycles. The number of nitrogens with one attached hydrogen (secondary N) is 1. The molecule has 2 aromatic rings. The second kappa shape index (κ2) is 6.94. The van der Waals surface area contributed by atoms with Crippen molar-refractivity contribution in [2.45, 2.75) is 18.7 Å². The van der Waals surface area contributed by atoms with Gasteiger partial charge >= 0.3 is 0 Å². The van der Waals surface area contributed by atoms with Crippen molar-refractivity contribution in [3.63, 3.8) is 0 Å². The third-order valence-electron chi connectivity index (χ3n) is 2.80. The van der Waals surface area contributed by atoms with Crippen LogP contribution in [0.1, 0.15) is 16.8 Å². The molecule has 0 bridgehead atoms. The first-order valence-electron chi connectivity index (χ1n) is 6.21. The van der Waals surface area contributed by atoms with Crippen molar-refractivity contribution in [1.82, 2.24) is 9.71 Å². The minimum atomic E-state index is -3.31. The van der Waals surface area contributed by atoms with Gasteiger partial charge < -0.3 is 5.73 Å². The molecule has 0 aliphatic rings. The van der Waals surface area contributed by atoms with Crippen molar-refractivity contribution < 1.29 is 8.42 Å². The van der Waals surface area contributed by atoms with Gasteiger partial charge in [0.05, 0.1) is 17.0 Å². The number of aromatic nitrogens is 1. The maximum Gasteiger partial charge on any atom is 0.215 e. The number of benzene rings is 1. The fourth-order valence-electron chi connectivity index (χ4n) is 1.74. The summed E-state index contributed by atoms with van der Waals surface area (Å²) in [6.07, 6.45) is 0.606. The third-order valence-corrected chi connectivity index (χ3v) is 4.79. The highest BCUT2D eigenvalue weighted by molar-refractivity contribution is 7.88. The number of hydrogen-bond donors (Lipinski definition) is 2. The van der Waals surface area contributed by atoms with Gasteiger partial charge in [0.2, 0.25) is 10.0 Å². The number of nitrogens with zero attached hydrogens (tertiary/aromatic N) is 1. The smallest absolute Gasteiger partial charge is 0.215 e. The van der Waals surface area contributed by atoms with E-state index < -0.39 is 10.0 Å². The molecular weight excluding hydrogens is 294 g/mol. The van der Waals surface area contributed by atoms with Crippen molar-refractivity contribution in [1.29, 1.82) is 0 Å². The molecule has 0 aliphatic heterocycles. The second-order valence-electron chi connectivity index (χ2n) is 4.40. The van der Waals surface area contributed by atoms with E-state index in [1.54, 1.807) is 17.6 Å². The van der Waals surface area contributed by atoms with Crippen LogP contribution in [0.2, 0.25) is 0 Å². The molecule has 5 nitrogen and oxygen atoms in total. The molecule has 0 aliphatic carbocycles. The van der Waals surface area contributed by atoms with Crippen LogP contribution in [-0.4, -0.2) is 19.9 Å². The Labute approximate surface area is 122 Å². The zero-order valence-electron chi connectivity index (χ0n) is 11.0. The summed E-state index contributed by atoms with van der Waals surface area (Å²) in [5, 5.41) is 1.92. The van der Waals surface area contributed by atoms with E-state index in [2.05, 4.69) is 9.71 Å². The average molecular weight is 311 g/mol. The van der Waals surface area contributed by atoms with Crippen LogP contribution in [0.3, 0.4) is 0 Å². The minimum Gasteiger partial charge on any atom is -0.326 e. The first kappa shape index (κ1) is 15.1. The molecule has 108 valence electrons. The van der Waals surface area contributed by atoms with E-state index in [9.17, 15) is 8.42 Å². The monoisotopic (exact) mass is 311 g/mol. The van der Waals surface area contributed by atoms with Crippen LogP contribution < -0.4 is 10.5 Å². The average Bonchev–Trinajstić information content (AvgIpc) is 2.92. The summed E-state index contributed by atoms with van der Waals surface area (Å²) >= 11 is 1.51. The second-order valence-corrected chi connectivity index (χ2v) is 6.93. The highest BCUT2D eigenvalue weighted by atomic mass is 32.2. The van der Waals surface area contributed by atoms with Crippen LogP contribution in [0, 0.1) is 0 Å². The number of thiazole rings is 1. The molecule has 1 heterocycles. The standard InChI is InChI=1S/C13H17N3O2S2/c14-7-11-1-3-12(4-2-11)9-20(17,18)16-6-5-13-8-19-10-15-13/h1-4,8,10,16H,5-7,9,14H2. The summed E-state index contributed by atoms with van der Waals surface area (Å²) in [6.45, 7) is 0.825. The molecule has 0 unspecified atom stereocenters. The largest absolute Gasteiger partial charge is 0.326 e.